The zero-order valence-electron chi connectivity index (χ0n) is 11.8. The van der Waals surface area contributed by atoms with Crippen LogP contribution in [0.4, 0.5) is 5.69 Å². The second-order valence-corrected chi connectivity index (χ2v) is 5.89. The summed E-state index contributed by atoms with van der Waals surface area (Å²) in [6, 6.07) is 8.87. The number of carbonyl (C=O) groups is 1. The number of carbonyl (C=O) groups excluding carboxylic acids is 1. The smallest absolute Gasteiger partial charge is 0.164 e. The van der Waals surface area contributed by atoms with Crippen molar-refractivity contribution in [3.05, 3.63) is 29.8 Å². The van der Waals surface area contributed by atoms with Crippen molar-refractivity contribution >= 4 is 11.5 Å². The van der Waals surface area contributed by atoms with E-state index in [0.29, 0.717) is 12.5 Å². The van der Waals surface area contributed by atoms with Crippen molar-refractivity contribution in [2.24, 2.45) is 5.92 Å². The van der Waals surface area contributed by atoms with Crippen LogP contribution in [-0.4, -0.2) is 18.4 Å². The third-order valence-corrected chi connectivity index (χ3v) is 4.85. The SMILES string of the molecule is CCC(=O)c1ccccc1N1CCC2CCCCC21. The fourth-order valence-corrected chi connectivity index (χ4v) is 3.86. The van der Waals surface area contributed by atoms with Crippen molar-refractivity contribution in [2.75, 3.05) is 11.4 Å². The maximum absolute atomic E-state index is 12.1. The number of para-hydroxylation sites is 1. The normalized spacial score (nSPS) is 26.3. The van der Waals surface area contributed by atoms with Crippen LogP contribution in [0.5, 0.6) is 0 Å². The van der Waals surface area contributed by atoms with Gasteiger partial charge in [0, 0.05) is 30.3 Å². The molecule has 0 aromatic heterocycles. The number of ketones is 1. The molecule has 1 saturated heterocycles. The van der Waals surface area contributed by atoms with Gasteiger partial charge in [0.25, 0.3) is 0 Å². The van der Waals surface area contributed by atoms with Crippen molar-refractivity contribution in [1.29, 1.82) is 0 Å². The average molecular weight is 257 g/mol. The van der Waals surface area contributed by atoms with E-state index in [0.717, 1.165) is 18.0 Å². The summed E-state index contributed by atoms with van der Waals surface area (Å²) < 4.78 is 0. The molecule has 0 amide bonds. The predicted molar refractivity (Wildman–Crippen MR) is 78.8 cm³/mol. The molecule has 1 heterocycles. The summed E-state index contributed by atoms with van der Waals surface area (Å²) in [6.45, 7) is 3.08. The molecule has 0 radical (unpaired) electrons. The molecule has 1 aromatic rings. The van der Waals surface area contributed by atoms with E-state index < -0.39 is 0 Å². The van der Waals surface area contributed by atoms with E-state index in [1.807, 2.05) is 19.1 Å². The van der Waals surface area contributed by atoms with Crippen LogP contribution in [0, 0.1) is 5.92 Å². The maximum Gasteiger partial charge on any atom is 0.164 e. The van der Waals surface area contributed by atoms with Crippen LogP contribution in [0.15, 0.2) is 24.3 Å². The van der Waals surface area contributed by atoms with E-state index >= 15 is 0 Å². The van der Waals surface area contributed by atoms with E-state index in [4.69, 9.17) is 0 Å². The standard InChI is InChI=1S/C17H23NO/c1-2-17(19)14-8-4-6-10-16(14)18-12-11-13-7-3-5-9-15(13)18/h4,6,8,10,13,15H,2-3,5,7,9,11-12H2,1H3. The molecule has 2 atom stereocenters. The number of fused-ring (bicyclic) bond motifs is 1. The Bertz CT molecular complexity index is 468. The molecule has 1 aliphatic heterocycles. The lowest BCUT2D eigenvalue weighted by Gasteiger charge is -2.34. The molecular weight excluding hydrogens is 234 g/mol. The lowest BCUT2D eigenvalue weighted by molar-refractivity contribution is 0.0988. The van der Waals surface area contributed by atoms with Gasteiger partial charge in [-0.25, -0.2) is 0 Å². The quantitative estimate of drug-likeness (QED) is 0.761. The molecule has 1 saturated carbocycles. The first-order valence-electron chi connectivity index (χ1n) is 7.70. The molecule has 3 rings (SSSR count). The highest BCUT2D eigenvalue weighted by Crippen LogP contribution is 2.39. The van der Waals surface area contributed by atoms with Gasteiger partial charge in [0.15, 0.2) is 5.78 Å². The van der Waals surface area contributed by atoms with Crippen LogP contribution in [0.1, 0.15) is 55.8 Å². The predicted octanol–water partition coefficient (Wildman–Crippen LogP) is 4.05. The molecule has 0 bridgehead atoms. The topological polar surface area (TPSA) is 20.3 Å². The van der Waals surface area contributed by atoms with Gasteiger partial charge < -0.3 is 4.90 Å². The monoisotopic (exact) mass is 257 g/mol. The Hall–Kier alpha value is -1.31. The summed E-state index contributed by atoms with van der Waals surface area (Å²) >= 11 is 0. The number of anilines is 1. The van der Waals surface area contributed by atoms with Crippen molar-refractivity contribution in [1.82, 2.24) is 0 Å². The highest BCUT2D eigenvalue weighted by molar-refractivity contribution is 6.01. The first-order chi connectivity index (χ1) is 9.31. The molecule has 1 aliphatic carbocycles. The molecule has 102 valence electrons. The van der Waals surface area contributed by atoms with Gasteiger partial charge in [0.2, 0.25) is 0 Å². The van der Waals surface area contributed by atoms with Crippen molar-refractivity contribution < 1.29 is 4.79 Å². The van der Waals surface area contributed by atoms with E-state index in [1.165, 1.54) is 37.8 Å². The Morgan fingerprint density at radius 2 is 2.00 bits per heavy atom. The molecule has 0 N–H and O–H groups in total. The minimum absolute atomic E-state index is 0.273. The van der Waals surface area contributed by atoms with Gasteiger partial charge in [-0.2, -0.15) is 0 Å². The van der Waals surface area contributed by atoms with Crippen LogP contribution in [-0.2, 0) is 0 Å². The first kappa shape index (κ1) is 12.7. The number of hydrogen-bond donors (Lipinski definition) is 0. The Labute approximate surface area is 115 Å². The molecule has 1 aromatic carbocycles. The number of benzene rings is 1. The number of rotatable bonds is 3. The summed E-state index contributed by atoms with van der Waals surface area (Å²) in [5, 5.41) is 0. The lowest BCUT2D eigenvalue weighted by Crippen LogP contribution is -2.35. The summed E-state index contributed by atoms with van der Waals surface area (Å²) in [7, 11) is 0. The zero-order valence-corrected chi connectivity index (χ0v) is 11.8. The molecular formula is C17H23NO. The minimum Gasteiger partial charge on any atom is -0.368 e. The molecule has 2 fully saturated rings. The Balaban J connectivity index is 1.92. The van der Waals surface area contributed by atoms with Gasteiger partial charge in [-0.1, -0.05) is 31.9 Å². The molecule has 2 aliphatic rings. The van der Waals surface area contributed by atoms with E-state index in [1.54, 1.807) is 0 Å². The number of nitrogens with zero attached hydrogens (tertiary/aromatic N) is 1. The van der Waals surface area contributed by atoms with Gasteiger partial charge in [-0.05, 0) is 37.3 Å². The highest BCUT2D eigenvalue weighted by Gasteiger charge is 2.36. The van der Waals surface area contributed by atoms with Crippen LogP contribution >= 0.6 is 0 Å². The van der Waals surface area contributed by atoms with Crippen LogP contribution in [0.3, 0.4) is 0 Å². The molecule has 2 unspecified atom stereocenters. The Morgan fingerprint density at radius 3 is 2.84 bits per heavy atom. The second-order valence-electron chi connectivity index (χ2n) is 5.89. The average Bonchev–Trinajstić information content (AvgIpc) is 2.90. The summed E-state index contributed by atoms with van der Waals surface area (Å²) in [4.78, 5) is 14.6. The Morgan fingerprint density at radius 1 is 1.21 bits per heavy atom. The largest absolute Gasteiger partial charge is 0.368 e. The van der Waals surface area contributed by atoms with Crippen molar-refractivity contribution in [3.8, 4) is 0 Å². The zero-order chi connectivity index (χ0) is 13.2. The van der Waals surface area contributed by atoms with Crippen LogP contribution < -0.4 is 4.90 Å². The summed E-state index contributed by atoms with van der Waals surface area (Å²) in [5.41, 5.74) is 2.11. The number of hydrogen-bond acceptors (Lipinski definition) is 2. The molecule has 2 nitrogen and oxygen atoms in total. The van der Waals surface area contributed by atoms with Crippen LogP contribution in [0.2, 0.25) is 0 Å². The fraction of sp³-hybridized carbons (Fsp3) is 0.588. The fourth-order valence-electron chi connectivity index (χ4n) is 3.86. The van der Waals surface area contributed by atoms with E-state index in [2.05, 4.69) is 17.0 Å². The van der Waals surface area contributed by atoms with E-state index in [-0.39, 0.29) is 5.78 Å². The lowest BCUT2D eigenvalue weighted by atomic mass is 9.85. The summed E-state index contributed by atoms with van der Waals surface area (Å²) in [6.07, 6.45) is 7.33. The number of Topliss-reactive ketones (excluding diaryl/α,β-unsaturated/α-hetero) is 1. The first-order valence-corrected chi connectivity index (χ1v) is 7.70. The third kappa shape index (κ3) is 2.29. The Kier molecular flexibility index (Phi) is 3.58. The second kappa shape index (κ2) is 5.36. The molecule has 19 heavy (non-hydrogen) atoms. The van der Waals surface area contributed by atoms with E-state index in [9.17, 15) is 4.79 Å². The van der Waals surface area contributed by atoms with Crippen molar-refractivity contribution in [2.45, 2.75) is 51.5 Å². The van der Waals surface area contributed by atoms with Gasteiger partial charge >= 0.3 is 0 Å². The third-order valence-electron chi connectivity index (χ3n) is 4.85. The van der Waals surface area contributed by atoms with Gasteiger partial charge in [-0.3, -0.25) is 4.79 Å². The van der Waals surface area contributed by atoms with Gasteiger partial charge in [0.05, 0.1) is 0 Å². The van der Waals surface area contributed by atoms with Gasteiger partial charge in [-0.15, -0.1) is 0 Å². The van der Waals surface area contributed by atoms with Crippen molar-refractivity contribution in [3.63, 3.8) is 0 Å². The van der Waals surface area contributed by atoms with Crippen LogP contribution in [0.25, 0.3) is 0 Å². The maximum atomic E-state index is 12.1. The minimum atomic E-state index is 0.273. The van der Waals surface area contributed by atoms with Gasteiger partial charge in [0.1, 0.15) is 0 Å². The molecule has 0 spiro atoms. The highest BCUT2D eigenvalue weighted by atomic mass is 16.1. The summed E-state index contributed by atoms with van der Waals surface area (Å²) in [5.74, 6) is 1.13. The molecule has 2 heteroatoms.